The Balaban J connectivity index is 1.83. The Morgan fingerprint density at radius 1 is 1.08 bits per heavy atom. The molecule has 0 bridgehead atoms. The van der Waals surface area contributed by atoms with Gasteiger partial charge in [0.05, 0.1) is 17.7 Å². The third-order valence-electron chi connectivity index (χ3n) is 6.52. The second-order valence-electron chi connectivity index (χ2n) is 10.8. The fourth-order valence-electron chi connectivity index (χ4n) is 4.58. The minimum absolute atomic E-state index is 0.00650. The van der Waals surface area contributed by atoms with Crippen molar-refractivity contribution in [2.75, 3.05) is 0 Å². The van der Waals surface area contributed by atoms with Gasteiger partial charge in [-0.15, -0.1) is 0 Å². The Labute approximate surface area is 218 Å². The smallest absolute Gasteiger partial charge is 0.295 e. The van der Waals surface area contributed by atoms with Crippen molar-refractivity contribution in [1.82, 2.24) is 9.88 Å². The van der Waals surface area contributed by atoms with Crippen LogP contribution in [0.25, 0.3) is 5.76 Å². The molecule has 2 aromatic carbocycles. The first-order chi connectivity index (χ1) is 17.5. The highest BCUT2D eigenvalue weighted by Crippen LogP contribution is 2.41. The van der Waals surface area contributed by atoms with Crippen molar-refractivity contribution < 1.29 is 19.4 Å². The number of aliphatic hydroxyl groups is 1. The maximum atomic E-state index is 13.4. The molecular formula is C31H34N2O4. The van der Waals surface area contributed by atoms with Gasteiger partial charge in [0, 0.05) is 24.5 Å². The zero-order chi connectivity index (χ0) is 26.9. The molecule has 1 unspecified atom stereocenters. The van der Waals surface area contributed by atoms with Crippen molar-refractivity contribution in [2.24, 2.45) is 0 Å². The quantitative estimate of drug-likeness (QED) is 0.252. The molecule has 2 heterocycles. The van der Waals surface area contributed by atoms with Crippen LogP contribution in [0.3, 0.4) is 0 Å². The van der Waals surface area contributed by atoms with Crippen LogP contribution in [-0.4, -0.2) is 32.8 Å². The summed E-state index contributed by atoms with van der Waals surface area (Å²) in [6.45, 7) is 12.4. The topological polar surface area (TPSA) is 79.7 Å². The van der Waals surface area contributed by atoms with Crippen LogP contribution in [0.2, 0.25) is 0 Å². The second-order valence-corrected chi connectivity index (χ2v) is 10.8. The summed E-state index contributed by atoms with van der Waals surface area (Å²) in [5.74, 6) is -0.840. The minimum Gasteiger partial charge on any atom is -0.507 e. The van der Waals surface area contributed by atoms with E-state index in [0.29, 0.717) is 11.3 Å². The molecule has 3 aromatic rings. The third kappa shape index (κ3) is 5.43. The number of ether oxygens (including phenoxy) is 1. The number of carbonyl (C=O) groups is 2. The number of aliphatic hydroxyl groups excluding tert-OH is 1. The lowest BCUT2D eigenvalue weighted by molar-refractivity contribution is -0.140. The molecule has 1 N–H and O–H groups in total. The summed E-state index contributed by atoms with van der Waals surface area (Å²) >= 11 is 0. The fourth-order valence-corrected chi connectivity index (χ4v) is 4.58. The number of carbonyl (C=O) groups excluding carboxylic acids is 2. The van der Waals surface area contributed by atoms with Crippen LogP contribution in [-0.2, 0) is 21.5 Å². The molecule has 1 fully saturated rings. The molecule has 1 saturated heterocycles. The molecule has 6 heteroatoms. The van der Waals surface area contributed by atoms with Crippen LogP contribution in [0, 0.1) is 6.92 Å². The number of aryl methyl sites for hydroxylation is 1. The number of hydrogen-bond donors (Lipinski definition) is 1. The normalized spacial score (nSPS) is 17.5. The molecule has 6 nitrogen and oxygen atoms in total. The van der Waals surface area contributed by atoms with Crippen molar-refractivity contribution >= 4 is 17.4 Å². The summed E-state index contributed by atoms with van der Waals surface area (Å²) in [6.07, 6.45) is 3.34. The highest BCUT2D eigenvalue weighted by molar-refractivity contribution is 6.46. The first kappa shape index (κ1) is 26.1. The van der Waals surface area contributed by atoms with Gasteiger partial charge in [0.2, 0.25) is 0 Å². The molecule has 1 aliphatic heterocycles. The Bertz CT molecular complexity index is 1340. The maximum absolute atomic E-state index is 13.4. The van der Waals surface area contributed by atoms with E-state index in [1.165, 1.54) is 4.90 Å². The number of benzene rings is 2. The van der Waals surface area contributed by atoms with E-state index in [2.05, 4.69) is 25.8 Å². The maximum Gasteiger partial charge on any atom is 0.295 e. The molecule has 1 aliphatic rings. The van der Waals surface area contributed by atoms with Crippen molar-refractivity contribution in [1.29, 1.82) is 0 Å². The summed E-state index contributed by atoms with van der Waals surface area (Å²) < 4.78 is 5.82. The van der Waals surface area contributed by atoms with E-state index < -0.39 is 17.7 Å². The predicted octanol–water partition coefficient (Wildman–Crippen LogP) is 6.10. The van der Waals surface area contributed by atoms with Gasteiger partial charge >= 0.3 is 0 Å². The SMILES string of the molecule is Cc1cc(C(O)=C2C(=O)C(=O)N(Cc3cccnc3)C2c2ccc(C(C)(C)C)cc2)ccc1OC(C)C. The average molecular weight is 499 g/mol. The number of Topliss-reactive ketones (excluding diaryl/α,β-unsaturated/α-hetero) is 1. The molecule has 37 heavy (non-hydrogen) atoms. The number of rotatable bonds is 6. The van der Waals surface area contributed by atoms with E-state index in [1.807, 2.05) is 51.1 Å². The zero-order valence-electron chi connectivity index (χ0n) is 22.3. The molecule has 192 valence electrons. The van der Waals surface area contributed by atoms with Gasteiger partial charge in [0.25, 0.3) is 11.7 Å². The third-order valence-corrected chi connectivity index (χ3v) is 6.52. The lowest BCUT2D eigenvalue weighted by Crippen LogP contribution is -2.29. The number of amides is 1. The molecule has 1 atom stereocenters. The van der Waals surface area contributed by atoms with Crippen molar-refractivity contribution in [3.8, 4) is 5.75 Å². The van der Waals surface area contributed by atoms with Crippen molar-refractivity contribution in [3.63, 3.8) is 0 Å². The summed E-state index contributed by atoms with van der Waals surface area (Å²) in [7, 11) is 0. The number of nitrogens with zero attached hydrogens (tertiary/aromatic N) is 2. The lowest BCUT2D eigenvalue weighted by Gasteiger charge is -2.26. The number of pyridine rings is 1. The van der Waals surface area contributed by atoms with Gasteiger partial charge in [-0.3, -0.25) is 14.6 Å². The first-order valence-corrected chi connectivity index (χ1v) is 12.5. The summed E-state index contributed by atoms with van der Waals surface area (Å²) in [5, 5.41) is 11.4. The standard InChI is InChI=1S/C31H34N2O4/c1-19(2)37-25-14-11-23(16-20(25)3)28(34)26-27(22-9-12-24(13-10-22)31(4,5)6)33(30(36)29(26)35)18-21-8-7-15-32-17-21/h7-17,19,27,34H,18H2,1-6H3. The molecule has 0 saturated carbocycles. The molecule has 0 spiro atoms. The zero-order valence-corrected chi connectivity index (χ0v) is 22.3. The van der Waals surface area contributed by atoms with Crippen LogP contribution in [0.5, 0.6) is 5.75 Å². The van der Waals surface area contributed by atoms with Gasteiger partial charge in [0.15, 0.2) is 0 Å². The van der Waals surface area contributed by atoms with Gasteiger partial charge in [-0.2, -0.15) is 0 Å². The Kier molecular flexibility index (Phi) is 7.21. The Morgan fingerprint density at radius 3 is 2.35 bits per heavy atom. The van der Waals surface area contributed by atoms with Gasteiger partial charge in [0.1, 0.15) is 11.5 Å². The number of likely N-dealkylation sites (tertiary alicyclic amines) is 1. The van der Waals surface area contributed by atoms with Gasteiger partial charge in [-0.1, -0.05) is 51.1 Å². The van der Waals surface area contributed by atoms with Crippen LogP contribution in [0.1, 0.15) is 68.5 Å². The second kappa shape index (κ2) is 10.2. The average Bonchev–Trinajstić information content (AvgIpc) is 3.09. The number of hydrogen-bond acceptors (Lipinski definition) is 5. The Morgan fingerprint density at radius 2 is 1.78 bits per heavy atom. The van der Waals surface area contributed by atoms with E-state index in [0.717, 1.165) is 22.3 Å². The van der Waals surface area contributed by atoms with Gasteiger partial charge in [-0.25, -0.2) is 0 Å². The first-order valence-electron chi connectivity index (χ1n) is 12.5. The van der Waals surface area contributed by atoms with Crippen LogP contribution in [0.15, 0.2) is 72.6 Å². The number of aromatic nitrogens is 1. The molecule has 1 aromatic heterocycles. The van der Waals surface area contributed by atoms with Gasteiger partial charge in [-0.05, 0) is 72.7 Å². The van der Waals surface area contributed by atoms with Crippen LogP contribution >= 0.6 is 0 Å². The van der Waals surface area contributed by atoms with Crippen LogP contribution < -0.4 is 4.74 Å². The summed E-state index contributed by atoms with van der Waals surface area (Å²) in [5.41, 5.74) is 4.01. The van der Waals surface area contributed by atoms with E-state index in [-0.39, 0.29) is 29.4 Å². The van der Waals surface area contributed by atoms with Crippen molar-refractivity contribution in [3.05, 3.63) is 100 Å². The molecule has 0 radical (unpaired) electrons. The monoisotopic (exact) mass is 498 g/mol. The lowest BCUT2D eigenvalue weighted by atomic mass is 9.85. The van der Waals surface area contributed by atoms with E-state index in [1.54, 1.807) is 36.7 Å². The highest BCUT2D eigenvalue weighted by Gasteiger charge is 2.46. The highest BCUT2D eigenvalue weighted by atomic mass is 16.5. The molecule has 0 aliphatic carbocycles. The minimum atomic E-state index is -0.735. The fraction of sp³-hybridized carbons (Fsp3) is 0.323. The number of ketones is 1. The van der Waals surface area contributed by atoms with E-state index in [4.69, 9.17) is 4.74 Å². The predicted molar refractivity (Wildman–Crippen MR) is 144 cm³/mol. The Hall–Kier alpha value is -3.93. The van der Waals surface area contributed by atoms with E-state index in [9.17, 15) is 14.7 Å². The van der Waals surface area contributed by atoms with Crippen LogP contribution in [0.4, 0.5) is 0 Å². The van der Waals surface area contributed by atoms with E-state index >= 15 is 0 Å². The van der Waals surface area contributed by atoms with Crippen molar-refractivity contribution in [2.45, 2.75) is 65.6 Å². The summed E-state index contributed by atoms with van der Waals surface area (Å²) in [4.78, 5) is 32.3. The van der Waals surface area contributed by atoms with Gasteiger partial charge < -0.3 is 14.7 Å². The molecule has 4 rings (SSSR count). The molecular weight excluding hydrogens is 464 g/mol. The largest absolute Gasteiger partial charge is 0.507 e. The molecule has 1 amide bonds. The summed E-state index contributed by atoms with van der Waals surface area (Å²) in [6, 6.07) is 16.1.